The van der Waals surface area contributed by atoms with Crippen LogP contribution in [0.5, 0.6) is 0 Å². The zero-order valence-corrected chi connectivity index (χ0v) is 12.6. The maximum absolute atomic E-state index is 11.1. The summed E-state index contributed by atoms with van der Waals surface area (Å²) in [5.41, 5.74) is 0. The van der Waals surface area contributed by atoms with Gasteiger partial charge < -0.3 is 0 Å². The molecule has 3 heteroatoms. The van der Waals surface area contributed by atoms with E-state index in [1.54, 1.807) is 13.0 Å². The summed E-state index contributed by atoms with van der Waals surface area (Å²) in [5.74, 6) is 0.853. The van der Waals surface area contributed by atoms with E-state index in [1.807, 2.05) is 6.92 Å². The van der Waals surface area contributed by atoms with Crippen LogP contribution in [0.15, 0.2) is 11.8 Å². The second-order valence-corrected chi connectivity index (χ2v) is 11.0. The van der Waals surface area contributed by atoms with E-state index in [4.69, 9.17) is 4.52 Å². The van der Waals surface area contributed by atoms with Crippen LogP contribution in [0.4, 0.5) is 0 Å². The minimum absolute atomic E-state index is 0.0634. The summed E-state index contributed by atoms with van der Waals surface area (Å²) in [7, 11) is 0. The first-order valence-electron chi connectivity index (χ1n) is 6.26. The summed E-state index contributed by atoms with van der Waals surface area (Å²) in [6, 6.07) is 0. The third-order valence-electron chi connectivity index (χ3n) is 4.01. The van der Waals surface area contributed by atoms with Gasteiger partial charge in [0.15, 0.2) is 0 Å². The first-order valence-corrected chi connectivity index (χ1v) is 9.16. The standard InChI is InChI=1S/C13H27O2P/c1-7-16(8-2,9-3,10-4)15-13(6)11-12(5)14/h11H,7-10H2,1-6H3/b13-11+. The molecule has 0 aromatic heterocycles. The molecular weight excluding hydrogens is 219 g/mol. The van der Waals surface area contributed by atoms with Crippen molar-refractivity contribution in [2.75, 3.05) is 24.6 Å². The SMILES string of the molecule is CCP(CC)(CC)(CC)O/C(C)=C/C(C)=O. The van der Waals surface area contributed by atoms with Crippen molar-refractivity contribution < 1.29 is 9.32 Å². The summed E-state index contributed by atoms with van der Waals surface area (Å²) < 4.78 is 6.30. The van der Waals surface area contributed by atoms with Crippen LogP contribution >= 0.6 is 6.83 Å². The van der Waals surface area contributed by atoms with E-state index >= 15 is 0 Å². The summed E-state index contributed by atoms with van der Waals surface area (Å²) in [4.78, 5) is 11.1. The summed E-state index contributed by atoms with van der Waals surface area (Å²) in [6.07, 6.45) is 5.99. The van der Waals surface area contributed by atoms with Gasteiger partial charge >= 0.3 is 100.0 Å². The monoisotopic (exact) mass is 246 g/mol. The zero-order valence-electron chi connectivity index (χ0n) is 11.7. The topological polar surface area (TPSA) is 26.3 Å². The Morgan fingerprint density at radius 1 is 1.00 bits per heavy atom. The van der Waals surface area contributed by atoms with Crippen LogP contribution in [0.1, 0.15) is 41.5 Å². The van der Waals surface area contributed by atoms with Crippen molar-refractivity contribution in [2.24, 2.45) is 0 Å². The van der Waals surface area contributed by atoms with Gasteiger partial charge in [-0.25, -0.2) is 0 Å². The van der Waals surface area contributed by atoms with Gasteiger partial charge in [-0.05, 0) is 0 Å². The predicted octanol–water partition coefficient (Wildman–Crippen LogP) is 4.04. The van der Waals surface area contributed by atoms with Crippen molar-refractivity contribution in [1.29, 1.82) is 0 Å². The molecule has 0 bridgehead atoms. The third-order valence-corrected chi connectivity index (χ3v) is 11.2. The van der Waals surface area contributed by atoms with Crippen LogP contribution in [0.25, 0.3) is 0 Å². The Morgan fingerprint density at radius 2 is 1.38 bits per heavy atom. The van der Waals surface area contributed by atoms with Gasteiger partial charge in [-0.15, -0.1) is 0 Å². The predicted molar refractivity (Wildman–Crippen MR) is 74.6 cm³/mol. The van der Waals surface area contributed by atoms with Crippen LogP contribution in [0.2, 0.25) is 0 Å². The molecule has 0 aliphatic carbocycles. The fourth-order valence-corrected chi connectivity index (χ4v) is 6.39. The Kier molecular flexibility index (Phi) is 5.69. The Bertz CT molecular complexity index is 254. The number of allylic oxidation sites excluding steroid dienone is 2. The molecule has 0 amide bonds. The van der Waals surface area contributed by atoms with E-state index in [0.717, 1.165) is 30.4 Å². The summed E-state index contributed by atoms with van der Waals surface area (Å²) in [6.45, 7) is 10.3. The fraction of sp³-hybridized carbons (Fsp3) is 0.769. The molecule has 0 saturated carbocycles. The number of carbonyl (C=O) groups is 1. The molecule has 16 heavy (non-hydrogen) atoms. The molecule has 0 rings (SSSR count). The van der Waals surface area contributed by atoms with Crippen molar-refractivity contribution in [2.45, 2.75) is 41.5 Å². The van der Waals surface area contributed by atoms with Crippen LogP contribution in [-0.2, 0) is 9.32 Å². The van der Waals surface area contributed by atoms with E-state index in [0.29, 0.717) is 0 Å². The van der Waals surface area contributed by atoms with E-state index in [1.165, 1.54) is 0 Å². The Morgan fingerprint density at radius 3 is 1.62 bits per heavy atom. The van der Waals surface area contributed by atoms with E-state index < -0.39 is 6.83 Å². The second kappa shape index (κ2) is 5.82. The molecule has 0 spiro atoms. The van der Waals surface area contributed by atoms with Gasteiger partial charge in [-0.1, -0.05) is 0 Å². The third kappa shape index (κ3) is 3.31. The fourth-order valence-electron chi connectivity index (χ4n) is 2.32. The maximum atomic E-state index is 11.1. The Balaban J connectivity index is 5.16. The number of hydrogen-bond acceptors (Lipinski definition) is 2. The van der Waals surface area contributed by atoms with Gasteiger partial charge in [0.25, 0.3) is 0 Å². The Labute approximate surface area is 100 Å². The van der Waals surface area contributed by atoms with E-state index in [2.05, 4.69) is 27.7 Å². The van der Waals surface area contributed by atoms with Crippen molar-refractivity contribution in [3.8, 4) is 0 Å². The van der Waals surface area contributed by atoms with Gasteiger partial charge in [-0.2, -0.15) is 0 Å². The van der Waals surface area contributed by atoms with Crippen molar-refractivity contribution in [3.05, 3.63) is 11.8 Å². The number of carbonyl (C=O) groups excluding carboxylic acids is 1. The Hall–Kier alpha value is -0.360. The normalized spacial score (nSPS) is 15.4. The summed E-state index contributed by atoms with van der Waals surface area (Å²) >= 11 is 0. The van der Waals surface area contributed by atoms with Crippen LogP contribution in [0.3, 0.4) is 0 Å². The molecule has 0 radical (unpaired) electrons. The number of rotatable bonds is 7. The molecule has 2 nitrogen and oxygen atoms in total. The molecule has 0 aromatic carbocycles. The molecule has 0 atom stereocenters. The van der Waals surface area contributed by atoms with Crippen LogP contribution in [0, 0.1) is 0 Å². The summed E-state index contributed by atoms with van der Waals surface area (Å²) in [5, 5.41) is 0. The van der Waals surface area contributed by atoms with Crippen LogP contribution < -0.4 is 0 Å². The van der Waals surface area contributed by atoms with Gasteiger partial charge in [0.1, 0.15) is 0 Å². The second-order valence-electron chi connectivity index (χ2n) is 4.58. The first-order chi connectivity index (χ1) is 7.37. The molecule has 0 aliphatic heterocycles. The minimum atomic E-state index is -2.07. The zero-order chi connectivity index (χ0) is 12.8. The van der Waals surface area contributed by atoms with Gasteiger partial charge in [-0.3, -0.25) is 0 Å². The van der Waals surface area contributed by atoms with Crippen molar-refractivity contribution in [3.63, 3.8) is 0 Å². The molecule has 96 valence electrons. The average Bonchev–Trinajstić information content (AvgIpc) is 2.26. The van der Waals surface area contributed by atoms with Gasteiger partial charge in [0, 0.05) is 0 Å². The number of hydrogen-bond donors (Lipinski definition) is 0. The molecule has 0 aliphatic rings. The van der Waals surface area contributed by atoms with Crippen molar-refractivity contribution >= 4 is 12.6 Å². The average molecular weight is 246 g/mol. The van der Waals surface area contributed by atoms with Crippen LogP contribution in [-0.4, -0.2) is 30.4 Å². The molecule has 0 N–H and O–H groups in total. The molecule has 0 heterocycles. The number of ketones is 1. The molecular formula is C13H27O2P. The van der Waals surface area contributed by atoms with Gasteiger partial charge in [0.05, 0.1) is 0 Å². The van der Waals surface area contributed by atoms with Gasteiger partial charge in [0.2, 0.25) is 0 Å². The van der Waals surface area contributed by atoms with E-state index in [9.17, 15) is 4.79 Å². The molecule has 0 aromatic rings. The molecule has 0 saturated heterocycles. The molecule has 0 unspecified atom stereocenters. The van der Waals surface area contributed by atoms with E-state index in [-0.39, 0.29) is 5.78 Å². The first kappa shape index (κ1) is 15.6. The van der Waals surface area contributed by atoms with Crippen molar-refractivity contribution in [1.82, 2.24) is 0 Å². The quantitative estimate of drug-likeness (QED) is 0.385. The molecule has 0 fully saturated rings.